The van der Waals surface area contributed by atoms with E-state index in [0.717, 1.165) is 37.2 Å². The average molecular weight is 476 g/mol. The van der Waals surface area contributed by atoms with Gasteiger partial charge in [0.15, 0.2) is 0 Å². The molecule has 0 spiro atoms. The third-order valence-corrected chi connectivity index (χ3v) is 12.3. The Bertz CT molecular complexity index is 1030. The van der Waals surface area contributed by atoms with Crippen molar-refractivity contribution in [3.8, 4) is 0 Å². The second-order valence-electron chi connectivity index (χ2n) is 11.8. The molecule has 1 heterocycles. The molecule has 2 N–H and O–H groups in total. The van der Waals surface area contributed by atoms with E-state index in [-0.39, 0.29) is 16.7 Å². The Kier molecular flexibility index (Phi) is 6.80. The van der Waals surface area contributed by atoms with Crippen LogP contribution in [0.1, 0.15) is 78.8 Å². The first kappa shape index (κ1) is 24.7. The van der Waals surface area contributed by atoms with Crippen LogP contribution in [0.15, 0.2) is 66.7 Å². The lowest BCUT2D eigenvalue weighted by atomic mass is 9.85. The van der Waals surface area contributed by atoms with E-state index in [1.54, 1.807) is 0 Å². The zero-order valence-corrected chi connectivity index (χ0v) is 22.7. The van der Waals surface area contributed by atoms with Crippen LogP contribution in [0.5, 0.6) is 0 Å². The lowest BCUT2D eigenvalue weighted by molar-refractivity contribution is 0.134. The van der Waals surface area contributed by atoms with Crippen LogP contribution < -0.4 is 16.1 Å². The molecule has 34 heavy (non-hydrogen) atoms. The van der Waals surface area contributed by atoms with Crippen molar-refractivity contribution in [3.63, 3.8) is 0 Å². The van der Waals surface area contributed by atoms with E-state index in [4.69, 9.17) is 15.3 Å². The number of nitrogen functional groups attached to an aromatic ring is 1. The van der Waals surface area contributed by atoms with Crippen molar-refractivity contribution in [1.82, 2.24) is 9.78 Å². The van der Waals surface area contributed by atoms with E-state index in [2.05, 4.69) is 108 Å². The predicted octanol–water partition coefficient (Wildman–Crippen LogP) is 5.82. The Morgan fingerprint density at radius 1 is 0.824 bits per heavy atom. The molecule has 2 aromatic carbocycles. The van der Waals surface area contributed by atoms with Crippen molar-refractivity contribution in [2.45, 2.75) is 89.8 Å². The first-order chi connectivity index (χ1) is 16.0. The minimum Gasteiger partial charge on any atom is -0.404 e. The molecule has 1 saturated carbocycles. The predicted molar refractivity (Wildman–Crippen MR) is 145 cm³/mol. The summed E-state index contributed by atoms with van der Waals surface area (Å²) >= 11 is 0. The normalized spacial score (nSPS) is 19.8. The van der Waals surface area contributed by atoms with E-state index in [9.17, 15) is 0 Å². The molecule has 0 radical (unpaired) electrons. The summed E-state index contributed by atoms with van der Waals surface area (Å²) in [5.41, 5.74) is 7.33. The van der Waals surface area contributed by atoms with Gasteiger partial charge in [-0.1, -0.05) is 81.4 Å². The van der Waals surface area contributed by atoms with Gasteiger partial charge in [0.05, 0.1) is 11.2 Å². The van der Waals surface area contributed by atoms with E-state index >= 15 is 0 Å². The smallest absolute Gasteiger partial charge is 0.261 e. The molecule has 0 bridgehead atoms. The third-order valence-electron chi connectivity index (χ3n) is 7.24. The van der Waals surface area contributed by atoms with Crippen LogP contribution in [0.2, 0.25) is 5.04 Å². The van der Waals surface area contributed by atoms with Gasteiger partial charge in [-0.2, -0.15) is 5.10 Å². The summed E-state index contributed by atoms with van der Waals surface area (Å²) in [6.45, 7) is 13.5. The van der Waals surface area contributed by atoms with Gasteiger partial charge in [0, 0.05) is 18.1 Å². The molecule has 4 rings (SSSR count). The van der Waals surface area contributed by atoms with Gasteiger partial charge in [-0.15, -0.1) is 0 Å². The van der Waals surface area contributed by atoms with Crippen LogP contribution in [-0.2, 0) is 9.96 Å². The molecule has 1 aliphatic carbocycles. The number of hydrogen-bond donors (Lipinski definition) is 1. The molecular formula is C29H41N3OSi. The fourth-order valence-corrected chi connectivity index (χ4v) is 10.3. The number of nitrogens with zero attached hydrogens (tertiary/aromatic N) is 2. The maximum atomic E-state index is 7.37. The third kappa shape index (κ3) is 4.73. The van der Waals surface area contributed by atoms with Gasteiger partial charge in [0.25, 0.3) is 8.32 Å². The van der Waals surface area contributed by atoms with Crippen LogP contribution >= 0.6 is 0 Å². The van der Waals surface area contributed by atoms with Gasteiger partial charge in [0.2, 0.25) is 0 Å². The number of rotatable bonds is 5. The summed E-state index contributed by atoms with van der Waals surface area (Å²) in [6.07, 6.45) is 4.53. The van der Waals surface area contributed by atoms with Gasteiger partial charge in [-0.3, -0.25) is 0 Å². The highest BCUT2D eigenvalue weighted by atomic mass is 28.4. The van der Waals surface area contributed by atoms with Gasteiger partial charge in [-0.05, 0) is 61.9 Å². The first-order valence-corrected chi connectivity index (χ1v) is 14.6. The van der Waals surface area contributed by atoms with Crippen LogP contribution in [0, 0.1) is 0 Å². The lowest BCUT2D eigenvalue weighted by Crippen LogP contribution is -2.67. The molecule has 0 atom stereocenters. The van der Waals surface area contributed by atoms with E-state index in [1.165, 1.54) is 10.4 Å². The molecular weight excluding hydrogens is 434 g/mol. The molecule has 4 nitrogen and oxygen atoms in total. The van der Waals surface area contributed by atoms with Crippen molar-refractivity contribution in [1.29, 1.82) is 0 Å². The van der Waals surface area contributed by atoms with E-state index in [0.29, 0.717) is 5.92 Å². The fraction of sp³-hybridized carbons (Fsp3) is 0.483. The number of benzene rings is 2. The summed E-state index contributed by atoms with van der Waals surface area (Å²) in [6, 6.07) is 24.0. The average Bonchev–Trinajstić information content (AvgIpc) is 3.20. The topological polar surface area (TPSA) is 53.1 Å². The molecule has 1 aromatic heterocycles. The highest BCUT2D eigenvalue weighted by Gasteiger charge is 2.51. The van der Waals surface area contributed by atoms with Crippen LogP contribution in [0.4, 0.5) is 5.82 Å². The quantitative estimate of drug-likeness (QED) is 0.473. The van der Waals surface area contributed by atoms with Gasteiger partial charge in [-0.25, -0.2) is 4.68 Å². The number of nitrogens with two attached hydrogens (primary N) is 1. The second-order valence-corrected chi connectivity index (χ2v) is 16.1. The van der Waals surface area contributed by atoms with E-state index in [1.807, 2.05) is 4.68 Å². The van der Waals surface area contributed by atoms with Crippen molar-refractivity contribution in [2.24, 2.45) is 0 Å². The van der Waals surface area contributed by atoms with Crippen LogP contribution in [0.25, 0.3) is 0 Å². The van der Waals surface area contributed by atoms with Crippen LogP contribution in [-0.4, -0.2) is 24.2 Å². The van der Waals surface area contributed by atoms with Gasteiger partial charge >= 0.3 is 0 Å². The summed E-state index contributed by atoms with van der Waals surface area (Å²) < 4.78 is 9.34. The Morgan fingerprint density at radius 3 is 1.74 bits per heavy atom. The molecule has 0 saturated heterocycles. The standard InChI is InChI=1S/C29H41N3OSi/c1-28(2,3)32-27(30)21-26(31-32)22-17-19-23(20-18-22)33-34(29(4,5)6,24-13-9-7-10-14-24)25-15-11-8-12-16-25/h7-16,21-23H,17-20,30H2,1-6H3/t22-,23+. The number of aromatic nitrogens is 2. The van der Waals surface area contributed by atoms with Crippen molar-refractivity contribution in [2.75, 3.05) is 5.73 Å². The molecule has 182 valence electrons. The molecule has 1 fully saturated rings. The SMILES string of the molecule is CC(C)(C)n1nc([C@H]2CC[C@@H](O[Si](c3ccccc3)(c3ccccc3)C(C)(C)C)CC2)cc1N. The van der Waals surface area contributed by atoms with Crippen molar-refractivity contribution >= 4 is 24.5 Å². The molecule has 0 amide bonds. The number of anilines is 1. The molecule has 0 unspecified atom stereocenters. The van der Waals surface area contributed by atoms with E-state index < -0.39 is 8.32 Å². The molecule has 1 aliphatic rings. The summed E-state index contributed by atoms with van der Waals surface area (Å²) in [5, 5.41) is 7.61. The van der Waals surface area contributed by atoms with Gasteiger partial charge < -0.3 is 10.2 Å². The Balaban J connectivity index is 1.60. The minimum absolute atomic E-state index is 0.00644. The monoisotopic (exact) mass is 475 g/mol. The molecule has 3 aromatic rings. The van der Waals surface area contributed by atoms with Gasteiger partial charge in [0.1, 0.15) is 5.82 Å². The largest absolute Gasteiger partial charge is 0.404 e. The zero-order chi connectivity index (χ0) is 24.6. The maximum Gasteiger partial charge on any atom is 0.261 e. The Labute approximate surface area is 206 Å². The summed E-state index contributed by atoms with van der Waals surface area (Å²) in [7, 11) is -2.51. The maximum absolute atomic E-state index is 7.37. The lowest BCUT2D eigenvalue weighted by Gasteiger charge is -2.46. The summed E-state index contributed by atoms with van der Waals surface area (Å²) in [4.78, 5) is 0. The number of hydrogen-bond acceptors (Lipinski definition) is 3. The second kappa shape index (κ2) is 9.35. The van der Waals surface area contributed by atoms with Crippen molar-refractivity contribution in [3.05, 3.63) is 72.4 Å². The highest BCUT2D eigenvalue weighted by Crippen LogP contribution is 2.41. The fourth-order valence-electron chi connectivity index (χ4n) is 5.57. The van der Waals surface area contributed by atoms with Crippen LogP contribution in [0.3, 0.4) is 0 Å². The summed E-state index contributed by atoms with van der Waals surface area (Å²) in [5.74, 6) is 1.21. The zero-order valence-electron chi connectivity index (χ0n) is 21.7. The molecule has 5 heteroatoms. The minimum atomic E-state index is -2.51. The molecule has 0 aliphatic heterocycles. The first-order valence-electron chi connectivity index (χ1n) is 12.7. The van der Waals surface area contributed by atoms with Crippen molar-refractivity contribution < 1.29 is 4.43 Å². The Morgan fingerprint density at radius 2 is 1.32 bits per heavy atom. The Hall–Kier alpha value is -2.37. The highest BCUT2D eigenvalue weighted by molar-refractivity contribution is 6.99.